The van der Waals surface area contributed by atoms with Gasteiger partial charge in [-0.3, -0.25) is 9.79 Å². The van der Waals surface area contributed by atoms with Crippen molar-refractivity contribution in [3.05, 3.63) is 131 Å². The van der Waals surface area contributed by atoms with Crippen molar-refractivity contribution >= 4 is 23.5 Å². The van der Waals surface area contributed by atoms with Crippen molar-refractivity contribution in [3.63, 3.8) is 0 Å². The first-order valence-corrected chi connectivity index (χ1v) is 12.6. The molecule has 4 aromatic carbocycles. The summed E-state index contributed by atoms with van der Waals surface area (Å²) in [6.07, 6.45) is 1.85. The van der Waals surface area contributed by atoms with Gasteiger partial charge in [-0.2, -0.15) is 0 Å². The van der Waals surface area contributed by atoms with E-state index < -0.39 is 5.41 Å². The van der Waals surface area contributed by atoms with Gasteiger partial charge < -0.3 is 5.32 Å². The third kappa shape index (κ3) is 5.16. The van der Waals surface area contributed by atoms with Gasteiger partial charge in [0, 0.05) is 11.9 Å². The van der Waals surface area contributed by atoms with E-state index in [0.717, 1.165) is 22.5 Å². The third-order valence-corrected chi connectivity index (χ3v) is 6.58. The van der Waals surface area contributed by atoms with Crippen molar-refractivity contribution in [1.29, 1.82) is 0 Å². The summed E-state index contributed by atoms with van der Waals surface area (Å²) in [6.45, 7) is 8.73. The molecule has 1 N–H and O–H groups in total. The molecule has 0 aliphatic rings. The van der Waals surface area contributed by atoms with E-state index in [1.54, 1.807) is 0 Å². The Morgan fingerprint density at radius 1 is 0.667 bits per heavy atom. The molecule has 0 aliphatic heterocycles. The fourth-order valence-electron chi connectivity index (χ4n) is 4.61. The highest BCUT2D eigenvalue weighted by Gasteiger charge is 2.41. The number of carbonyl (C=O) groups is 1. The molecule has 0 bridgehead atoms. The zero-order chi connectivity index (χ0) is 25.5. The van der Waals surface area contributed by atoms with Crippen molar-refractivity contribution in [2.45, 2.75) is 44.9 Å². The van der Waals surface area contributed by atoms with Crippen molar-refractivity contribution in [2.24, 2.45) is 4.99 Å². The van der Waals surface area contributed by atoms with Gasteiger partial charge in [-0.05, 0) is 46.2 Å². The number of hydrogen-bond donors (Lipinski definition) is 1. The number of hydrogen-bond acceptors (Lipinski definition) is 2. The molecule has 3 nitrogen and oxygen atoms in total. The predicted octanol–water partition coefficient (Wildman–Crippen LogP) is 8.26. The highest BCUT2D eigenvalue weighted by molar-refractivity contribution is 6.14. The van der Waals surface area contributed by atoms with E-state index in [-0.39, 0.29) is 5.91 Å². The van der Waals surface area contributed by atoms with Crippen molar-refractivity contribution < 1.29 is 4.79 Å². The van der Waals surface area contributed by atoms with E-state index in [4.69, 9.17) is 4.99 Å². The smallest absolute Gasteiger partial charge is 0.244 e. The van der Waals surface area contributed by atoms with E-state index in [9.17, 15) is 4.79 Å². The summed E-state index contributed by atoms with van der Waals surface area (Å²) in [5.74, 6) is 0.455. The Labute approximate surface area is 214 Å². The van der Waals surface area contributed by atoms with Gasteiger partial charge in [-0.15, -0.1) is 0 Å². The van der Waals surface area contributed by atoms with Gasteiger partial charge in [0.2, 0.25) is 5.91 Å². The predicted molar refractivity (Wildman–Crippen MR) is 152 cm³/mol. The van der Waals surface area contributed by atoms with Crippen LogP contribution in [0, 0.1) is 0 Å². The Kier molecular flexibility index (Phi) is 7.80. The second-order valence-electron chi connectivity index (χ2n) is 9.71. The number of para-hydroxylation sites is 2. The quantitative estimate of drug-likeness (QED) is 0.257. The number of rotatable bonds is 8. The fourth-order valence-corrected chi connectivity index (χ4v) is 4.61. The normalized spacial score (nSPS) is 11.8. The maximum absolute atomic E-state index is 14.3. The zero-order valence-corrected chi connectivity index (χ0v) is 21.5. The molecule has 36 heavy (non-hydrogen) atoms. The molecule has 0 unspecified atom stereocenters. The fraction of sp³-hybridized carbons (Fsp3) is 0.212. The molecular weight excluding hydrogens is 440 g/mol. The summed E-state index contributed by atoms with van der Waals surface area (Å²) >= 11 is 0. The molecule has 0 atom stereocenters. The largest absolute Gasteiger partial charge is 0.325 e. The van der Waals surface area contributed by atoms with Gasteiger partial charge in [-0.25, -0.2) is 0 Å². The second-order valence-corrected chi connectivity index (χ2v) is 9.71. The maximum atomic E-state index is 14.3. The van der Waals surface area contributed by atoms with Crippen molar-refractivity contribution in [2.75, 3.05) is 5.32 Å². The Bertz CT molecular complexity index is 1240. The van der Waals surface area contributed by atoms with Crippen LogP contribution in [0.1, 0.15) is 61.8 Å². The Morgan fingerprint density at radius 2 is 1.11 bits per heavy atom. The molecule has 0 aromatic heterocycles. The Morgan fingerprint density at radius 3 is 1.56 bits per heavy atom. The number of carbonyl (C=O) groups excluding carboxylic acids is 1. The lowest BCUT2D eigenvalue weighted by atomic mass is 9.74. The molecule has 0 heterocycles. The number of nitrogens with one attached hydrogen (secondary N) is 1. The van der Waals surface area contributed by atoms with Gasteiger partial charge in [0.25, 0.3) is 0 Å². The van der Waals surface area contributed by atoms with Gasteiger partial charge in [0.05, 0.1) is 5.69 Å². The number of nitrogens with zero attached hydrogens (tertiary/aromatic N) is 1. The molecule has 1 amide bonds. The zero-order valence-electron chi connectivity index (χ0n) is 21.5. The van der Waals surface area contributed by atoms with Gasteiger partial charge in [0.1, 0.15) is 5.41 Å². The van der Waals surface area contributed by atoms with Crippen molar-refractivity contribution in [3.8, 4) is 0 Å². The molecular formula is C33H34N2O. The Balaban J connectivity index is 1.97. The van der Waals surface area contributed by atoms with E-state index in [1.165, 1.54) is 11.1 Å². The molecule has 182 valence electrons. The number of benzene rings is 4. The summed E-state index contributed by atoms with van der Waals surface area (Å²) in [4.78, 5) is 19.4. The summed E-state index contributed by atoms with van der Waals surface area (Å²) in [5, 5.41) is 3.16. The van der Waals surface area contributed by atoms with Crippen LogP contribution in [0.3, 0.4) is 0 Å². The highest BCUT2D eigenvalue weighted by Crippen LogP contribution is 2.38. The van der Waals surface area contributed by atoms with Crippen LogP contribution >= 0.6 is 0 Å². The van der Waals surface area contributed by atoms with Crippen molar-refractivity contribution in [1.82, 2.24) is 0 Å². The molecule has 0 saturated heterocycles. The van der Waals surface area contributed by atoms with Gasteiger partial charge >= 0.3 is 0 Å². The minimum atomic E-state index is -1.13. The van der Waals surface area contributed by atoms with Crippen LogP contribution in [0.5, 0.6) is 0 Å². The lowest BCUT2D eigenvalue weighted by Gasteiger charge is -2.30. The number of amides is 1. The number of anilines is 1. The van der Waals surface area contributed by atoms with Crippen LogP contribution in [0.25, 0.3) is 0 Å². The summed E-state index contributed by atoms with van der Waals surface area (Å²) in [6, 6.07) is 35.8. The SMILES string of the molecule is CC(C)c1cccc(C(C)C)c1N=CC(C(=O)Nc1ccccc1)(c1ccccc1)c1ccccc1. The lowest BCUT2D eigenvalue weighted by Crippen LogP contribution is -2.43. The molecule has 0 fully saturated rings. The molecule has 3 heteroatoms. The van der Waals surface area contributed by atoms with Crippen LogP contribution in [-0.2, 0) is 10.2 Å². The highest BCUT2D eigenvalue weighted by atomic mass is 16.2. The second kappa shape index (κ2) is 11.2. The van der Waals surface area contributed by atoms with Crippen LogP contribution in [-0.4, -0.2) is 12.1 Å². The monoisotopic (exact) mass is 474 g/mol. The standard InChI is InChI=1S/C33H34N2O/c1-24(2)29-21-14-22-30(25(3)4)31(29)34-23-33(26-15-8-5-9-16-26,27-17-10-6-11-18-27)32(36)35-28-19-12-7-13-20-28/h5-25H,1-4H3,(H,35,36). The molecule has 0 aliphatic carbocycles. The average Bonchev–Trinajstić information content (AvgIpc) is 2.90. The Hall–Kier alpha value is -3.98. The average molecular weight is 475 g/mol. The summed E-state index contributed by atoms with van der Waals surface area (Å²) in [7, 11) is 0. The van der Waals surface area contributed by atoms with E-state index >= 15 is 0 Å². The maximum Gasteiger partial charge on any atom is 0.244 e. The minimum absolute atomic E-state index is 0.150. The first-order valence-electron chi connectivity index (χ1n) is 12.6. The topological polar surface area (TPSA) is 41.5 Å². The van der Waals surface area contributed by atoms with E-state index in [2.05, 4.69) is 51.2 Å². The third-order valence-electron chi connectivity index (χ3n) is 6.58. The molecule has 0 spiro atoms. The van der Waals surface area contributed by atoms with Gasteiger partial charge in [-0.1, -0.05) is 125 Å². The summed E-state index contributed by atoms with van der Waals surface area (Å²) < 4.78 is 0. The molecule has 0 saturated carbocycles. The summed E-state index contributed by atoms with van der Waals surface area (Å²) in [5.41, 5.74) is 4.65. The minimum Gasteiger partial charge on any atom is -0.325 e. The molecule has 4 rings (SSSR count). The van der Waals surface area contributed by atoms with E-state index in [1.807, 2.05) is 97.2 Å². The molecule has 4 aromatic rings. The van der Waals surface area contributed by atoms with Crippen LogP contribution in [0.2, 0.25) is 0 Å². The van der Waals surface area contributed by atoms with Crippen LogP contribution in [0.15, 0.2) is 114 Å². The van der Waals surface area contributed by atoms with Gasteiger partial charge in [0.15, 0.2) is 0 Å². The first kappa shape index (κ1) is 25.1. The van der Waals surface area contributed by atoms with E-state index in [0.29, 0.717) is 11.8 Å². The van der Waals surface area contributed by atoms with Crippen LogP contribution < -0.4 is 5.32 Å². The first-order chi connectivity index (χ1) is 17.4. The molecule has 0 radical (unpaired) electrons. The van der Waals surface area contributed by atoms with Crippen LogP contribution in [0.4, 0.5) is 11.4 Å². The number of aliphatic imine (C=N–C) groups is 1. The lowest BCUT2D eigenvalue weighted by molar-refractivity contribution is -0.118.